The van der Waals surface area contributed by atoms with Gasteiger partial charge in [0.1, 0.15) is 0 Å². The zero-order valence-electron chi connectivity index (χ0n) is 10.4. The third kappa shape index (κ3) is 3.27. The van der Waals surface area contributed by atoms with Crippen molar-refractivity contribution in [2.24, 2.45) is 0 Å². The summed E-state index contributed by atoms with van der Waals surface area (Å²) < 4.78 is 5.21. The highest BCUT2D eigenvalue weighted by atomic mass is 16.3. The van der Waals surface area contributed by atoms with Gasteiger partial charge in [0.2, 0.25) is 0 Å². The van der Waals surface area contributed by atoms with Crippen molar-refractivity contribution < 1.29 is 4.42 Å². The minimum absolute atomic E-state index is 0.973. The van der Waals surface area contributed by atoms with Crippen LogP contribution in [0.2, 0.25) is 0 Å². The van der Waals surface area contributed by atoms with E-state index in [1.54, 1.807) is 0 Å². The van der Waals surface area contributed by atoms with Gasteiger partial charge in [0.05, 0.1) is 12.5 Å². The highest BCUT2D eigenvalue weighted by Gasteiger charge is 2.03. The second kappa shape index (κ2) is 6.89. The summed E-state index contributed by atoms with van der Waals surface area (Å²) in [6, 6.07) is 10.5. The molecule has 2 aromatic rings. The molecule has 2 rings (SSSR count). The second-order valence-corrected chi connectivity index (χ2v) is 3.44. The number of benzene rings is 1. The minimum Gasteiger partial charge on any atom is -0.472 e. The topological polar surface area (TPSA) is 13.1 Å². The van der Waals surface area contributed by atoms with Crippen molar-refractivity contribution >= 4 is 0 Å². The summed E-state index contributed by atoms with van der Waals surface area (Å²) in [7, 11) is 0. The van der Waals surface area contributed by atoms with Gasteiger partial charge in [-0.25, -0.2) is 0 Å². The zero-order chi connectivity index (χ0) is 11.8. The van der Waals surface area contributed by atoms with Crippen molar-refractivity contribution in [2.45, 2.75) is 33.6 Å². The lowest BCUT2D eigenvalue weighted by molar-refractivity contribution is 0.562. The molecule has 1 aromatic carbocycles. The summed E-state index contributed by atoms with van der Waals surface area (Å²) in [6.07, 6.45) is 5.71. The fraction of sp³-hybridized carbons (Fsp3) is 0.333. The Hall–Kier alpha value is -1.50. The van der Waals surface area contributed by atoms with Gasteiger partial charge in [-0.2, -0.15) is 0 Å². The van der Waals surface area contributed by atoms with Crippen molar-refractivity contribution in [3.63, 3.8) is 0 Å². The molecule has 0 atom stereocenters. The fourth-order valence-electron chi connectivity index (χ4n) is 1.63. The number of aryl methyl sites for hydroxylation is 1. The average Bonchev–Trinajstić information content (AvgIpc) is 2.80. The monoisotopic (exact) mass is 216 g/mol. The Morgan fingerprint density at radius 2 is 1.56 bits per heavy atom. The van der Waals surface area contributed by atoms with Crippen molar-refractivity contribution in [3.8, 4) is 0 Å². The summed E-state index contributed by atoms with van der Waals surface area (Å²) in [6.45, 7) is 6.15. The van der Waals surface area contributed by atoms with Gasteiger partial charge in [-0.3, -0.25) is 0 Å². The van der Waals surface area contributed by atoms with Crippen LogP contribution in [0.15, 0.2) is 47.3 Å². The summed E-state index contributed by atoms with van der Waals surface area (Å²) in [5, 5.41) is 0. The molecule has 0 aliphatic carbocycles. The first-order valence-electron chi connectivity index (χ1n) is 5.98. The number of furan rings is 1. The Labute approximate surface area is 98.1 Å². The molecule has 1 heterocycles. The van der Waals surface area contributed by atoms with Gasteiger partial charge >= 0.3 is 0 Å². The average molecular weight is 216 g/mol. The van der Waals surface area contributed by atoms with Crippen LogP contribution in [0.5, 0.6) is 0 Å². The molecule has 0 aliphatic heterocycles. The van der Waals surface area contributed by atoms with Gasteiger partial charge in [-0.1, -0.05) is 51.1 Å². The molecule has 86 valence electrons. The smallest absolute Gasteiger partial charge is 0.0940 e. The highest BCUT2D eigenvalue weighted by molar-refractivity contribution is 5.28. The first-order chi connectivity index (χ1) is 7.90. The summed E-state index contributed by atoms with van der Waals surface area (Å²) in [4.78, 5) is 0. The molecule has 0 saturated carbocycles. The van der Waals surface area contributed by atoms with Crippen LogP contribution in [0, 0.1) is 0 Å². The Balaban J connectivity index is 0.000000606. The Morgan fingerprint density at radius 1 is 0.938 bits per heavy atom. The van der Waals surface area contributed by atoms with Gasteiger partial charge in [-0.15, -0.1) is 0 Å². The maximum atomic E-state index is 5.21. The fourth-order valence-corrected chi connectivity index (χ4v) is 1.63. The van der Waals surface area contributed by atoms with Crippen LogP contribution in [0.4, 0.5) is 0 Å². The minimum atomic E-state index is 0.973. The van der Waals surface area contributed by atoms with Crippen LogP contribution in [-0.4, -0.2) is 0 Å². The van der Waals surface area contributed by atoms with Gasteiger partial charge in [0.15, 0.2) is 0 Å². The van der Waals surface area contributed by atoms with E-state index in [1.807, 2.05) is 32.4 Å². The van der Waals surface area contributed by atoms with Crippen molar-refractivity contribution in [3.05, 3.63) is 59.5 Å². The zero-order valence-corrected chi connectivity index (χ0v) is 10.4. The largest absolute Gasteiger partial charge is 0.472 e. The molecular weight excluding hydrogens is 196 g/mol. The van der Waals surface area contributed by atoms with Gasteiger partial charge < -0.3 is 4.42 Å². The lowest BCUT2D eigenvalue weighted by Gasteiger charge is -2.00. The summed E-state index contributed by atoms with van der Waals surface area (Å²) in [5.74, 6) is 0. The Bertz CT molecular complexity index is 387. The van der Waals surface area contributed by atoms with E-state index in [-0.39, 0.29) is 0 Å². The quantitative estimate of drug-likeness (QED) is 0.738. The maximum absolute atomic E-state index is 5.21. The number of rotatable bonds is 3. The lowest BCUT2D eigenvalue weighted by atomic mass is 10.0. The van der Waals surface area contributed by atoms with Crippen LogP contribution in [0.25, 0.3) is 0 Å². The molecule has 0 amide bonds. The normalized spacial score (nSPS) is 9.44. The van der Waals surface area contributed by atoms with E-state index in [1.165, 1.54) is 16.7 Å². The van der Waals surface area contributed by atoms with E-state index in [9.17, 15) is 0 Å². The molecular formula is C15H20O. The van der Waals surface area contributed by atoms with Gasteiger partial charge in [0.25, 0.3) is 0 Å². The first-order valence-corrected chi connectivity index (χ1v) is 5.98. The SMILES string of the molecule is CC.CCc1cocc1Cc1ccccc1. The molecule has 1 heteroatoms. The molecule has 1 nitrogen and oxygen atoms in total. The predicted octanol–water partition coefficient (Wildman–Crippen LogP) is 4.46. The van der Waals surface area contributed by atoms with Gasteiger partial charge in [-0.05, 0) is 23.1 Å². The molecule has 1 aromatic heterocycles. The standard InChI is InChI=1S/C13H14O.C2H6/c1-2-12-9-14-10-13(12)8-11-6-4-3-5-7-11;1-2/h3-7,9-10H,2,8H2,1H3;1-2H3. The third-order valence-electron chi connectivity index (χ3n) is 2.45. The van der Waals surface area contributed by atoms with Crippen LogP contribution in [0.3, 0.4) is 0 Å². The van der Waals surface area contributed by atoms with Crippen molar-refractivity contribution in [2.75, 3.05) is 0 Å². The van der Waals surface area contributed by atoms with E-state index in [0.717, 1.165) is 12.8 Å². The van der Waals surface area contributed by atoms with Crippen molar-refractivity contribution in [1.29, 1.82) is 0 Å². The Kier molecular flexibility index (Phi) is 5.41. The van der Waals surface area contributed by atoms with E-state index >= 15 is 0 Å². The van der Waals surface area contributed by atoms with E-state index in [4.69, 9.17) is 4.42 Å². The molecule has 0 fully saturated rings. The molecule has 16 heavy (non-hydrogen) atoms. The highest BCUT2D eigenvalue weighted by Crippen LogP contribution is 2.15. The van der Waals surface area contributed by atoms with E-state index in [2.05, 4.69) is 31.2 Å². The molecule has 0 unspecified atom stereocenters. The molecule has 0 spiro atoms. The Morgan fingerprint density at radius 3 is 2.19 bits per heavy atom. The molecule has 0 N–H and O–H groups in total. The maximum Gasteiger partial charge on any atom is 0.0940 e. The second-order valence-electron chi connectivity index (χ2n) is 3.44. The lowest BCUT2D eigenvalue weighted by Crippen LogP contribution is -1.89. The van der Waals surface area contributed by atoms with Crippen LogP contribution in [-0.2, 0) is 12.8 Å². The van der Waals surface area contributed by atoms with E-state index < -0.39 is 0 Å². The van der Waals surface area contributed by atoms with Crippen LogP contribution < -0.4 is 0 Å². The third-order valence-corrected chi connectivity index (χ3v) is 2.45. The molecule has 0 aliphatic rings. The molecule has 0 radical (unpaired) electrons. The van der Waals surface area contributed by atoms with Crippen molar-refractivity contribution in [1.82, 2.24) is 0 Å². The summed E-state index contributed by atoms with van der Waals surface area (Å²) >= 11 is 0. The van der Waals surface area contributed by atoms with E-state index in [0.29, 0.717) is 0 Å². The summed E-state index contributed by atoms with van der Waals surface area (Å²) in [5.41, 5.74) is 3.95. The molecule has 0 bridgehead atoms. The van der Waals surface area contributed by atoms with Crippen LogP contribution >= 0.6 is 0 Å². The number of hydrogen-bond acceptors (Lipinski definition) is 1. The predicted molar refractivity (Wildman–Crippen MR) is 68.7 cm³/mol. The first kappa shape index (κ1) is 12.6. The van der Waals surface area contributed by atoms with Gasteiger partial charge in [0, 0.05) is 6.42 Å². The molecule has 0 saturated heterocycles. The van der Waals surface area contributed by atoms with Crippen LogP contribution in [0.1, 0.15) is 37.5 Å². The number of hydrogen-bond donors (Lipinski definition) is 0.